The smallest absolute Gasteiger partial charge is 0.268 e. The van der Waals surface area contributed by atoms with Gasteiger partial charge < -0.3 is 4.74 Å². The van der Waals surface area contributed by atoms with Gasteiger partial charge in [-0.3, -0.25) is 4.79 Å². The molecule has 0 radical (unpaired) electrons. The van der Waals surface area contributed by atoms with E-state index in [1.807, 2.05) is 43.3 Å². The van der Waals surface area contributed by atoms with Crippen molar-refractivity contribution in [3.05, 3.63) is 84.9 Å². The normalized spacial score (nSPS) is 15.8. The molecule has 4 heterocycles. The lowest BCUT2D eigenvalue weighted by atomic mass is 9.96. The van der Waals surface area contributed by atoms with Crippen molar-refractivity contribution >= 4 is 55.0 Å². The van der Waals surface area contributed by atoms with Crippen LogP contribution in [0, 0.1) is 12.8 Å². The van der Waals surface area contributed by atoms with Gasteiger partial charge >= 0.3 is 0 Å². The van der Waals surface area contributed by atoms with E-state index in [1.54, 1.807) is 27.7 Å². The first-order chi connectivity index (χ1) is 17.4. The summed E-state index contributed by atoms with van der Waals surface area (Å²) in [6, 6.07) is 16.3. The van der Waals surface area contributed by atoms with Gasteiger partial charge in [-0.1, -0.05) is 65.8 Å². The quantitative estimate of drug-likeness (QED) is 0.220. The second-order valence-electron chi connectivity index (χ2n) is 9.49. The monoisotopic (exact) mass is 580 g/mol. The number of hydrogen-bond donors (Lipinski definition) is 0. The van der Waals surface area contributed by atoms with Gasteiger partial charge in [0.25, 0.3) is 5.56 Å². The lowest BCUT2D eigenvalue weighted by Crippen LogP contribution is -2.28. The zero-order valence-corrected chi connectivity index (χ0v) is 23.4. The van der Waals surface area contributed by atoms with Crippen LogP contribution in [0.4, 0.5) is 0 Å². The molecular weight excluding hydrogens is 556 g/mol. The third-order valence-corrected chi connectivity index (χ3v) is 9.35. The third kappa shape index (κ3) is 4.12. The number of aromatic nitrogens is 4. The van der Waals surface area contributed by atoms with E-state index in [1.165, 1.54) is 5.56 Å². The van der Waals surface area contributed by atoms with E-state index >= 15 is 0 Å². The van der Waals surface area contributed by atoms with Crippen LogP contribution in [0.2, 0.25) is 0 Å². The fourth-order valence-electron chi connectivity index (χ4n) is 4.69. The molecule has 1 atom stereocenters. The highest BCUT2D eigenvalue weighted by Crippen LogP contribution is 2.38. The van der Waals surface area contributed by atoms with Gasteiger partial charge in [0.2, 0.25) is 5.78 Å². The second-order valence-corrected chi connectivity index (χ2v) is 12.4. The Bertz CT molecular complexity index is 1650. The maximum absolute atomic E-state index is 14.1. The van der Waals surface area contributed by atoms with Crippen LogP contribution in [-0.2, 0) is 23.5 Å². The summed E-state index contributed by atoms with van der Waals surface area (Å²) in [4.78, 5) is 16.1. The molecule has 0 fully saturated rings. The van der Waals surface area contributed by atoms with Crippen molar-refractivity contribution in [3.63, 3.8) is 0 Å². The largest absolute Gasteiger partial charge is 0.372 e. The van der Waals surface area contributed by atoms with Crippen LogP contribution < -0.4 is 5.56 Å². The Morgan fingerprint density at radius 3 is 2.75 bits per heavy atom. The van der Waals surface area contributed by atoms with Crippen LogP contribution >= 0.6 is 39.0 Å². The van der Waals surface area contributed by atoms with E-state index in [0.29, 0.717) is 18.3 Å². The zero-order chi connectivity index (χ0) is 25.0. The van der Waals surface area contributed by atoms with Crippen molar-refractivity contribution in [2.45, 2.75) is 50.8 Å². The molecule has 0 saturated carbocycles. The molecule has 3 aromatic heterocycles. The highest BCUT2D eigenvalue weighted by molar-refractivity contribution is 9.10. The van der Waals surface area contributed by atoms with E-state index in [2.05, 4.69) is 56.5 Å². The minimum Gasteiger partial charge on any atom is -0.372 e. The van der Waals surface area contributed by atoms with Gasteiger partial charge in [-0.15, -0.1) is 21.5 Å². The average molecular weight is 582 g/mol. The first-order valence-electron chi connectivity index (χ1n) is 11.9. The number of hydrogen-bond acceptors (Lipinski definition) is 6. The molecule has 0 amide bonds. The lowest BCUT2D eigenvalue weighted by Gasteiger charge is -2.26. The topological polar surface area (TPSA) is 61.4 Å². The highest BCUT2D eigenvalue weighted by atomic mass is 79.9. The maximum atomic E-state index is 14.1. The van der Waals surface area contributed by atoms with E-state index in [0.717, 1.165) is 53.7 Å². The van der Waals surface area contributed by atoms with Gasteiger partial charge in [0.1, 0.15) is 4.83 Å². The Kier molecular flexibility index (Phi) is 6.27. The zero-order valence-electron chi connectivity index (χ0n) is 20.2. The van der Waals surface area contributed by atoms with Gasteiger partial charge in [0.05, 0.1) is 23.8 Å². The summed E-state index contributed by atoms with van der Waals surface area (Å²) < 4.78 is 11.0. The van der Waals surface area contributed by atoms with E-state index < -0.39 is 0 Å². The molecule has 0 N–H and O–H groups in total. The molecule has 5 aromatic rings. The fourth-order valence-corrected chi connectivity index (χ4v) is 7.14. The first-order valence-corrected chi connectivity index (χ1v) is 14.5. The van der Waals surface area contributed by atoms with Crippen molar-refractivity contribution < 1.29 is 4.74 Å². The SMILES string of the molecule is Cc1cccc(-n2c(=O)c3c4c(sc3n3c(SCc5ccc(Br)cc5)nnc23)COC(C(C)C)C4)c1. The van der Waals surface area contributed by atoms with Crippen molar-refractivity contribution in [2.75, 3.05) is 0 Å². The predicted octanol–water partition coefficient (Wildman–Crippen LogP) is 6.56. The van der Waals surface area contributed by atoms with Gasteiger partial charge in [0, 0.05) is 21.5 Å². The molecule has 0 aliphatic carbocycles. The number of nitrogens with zero attached hydrogens (tertiary/aromatic N) is 4. The van der Waals surface area contributed by atoms with Gasteiger partial charge in [-0.05, 0) is 53.8 Å². The van der Waals surface area contributed by atoms with Crippen molar-refractivity contribution in [1.29, 1.82) is 0 Å². The van der Waals surface area contributed by atoms with Crippen LogP contribution in [0.5, 0.6) is 0 Å². The van der Waals surface area contributed by atoms with Crippen LogP contribution in [-0.4, -0.2) is 25.3 Å². The molecule has 1 aliphatic rings. The summed E-state index contributed by atoms with van der Waals surface area (Å²) >= 11 is 6.76. The molecule has 0 bridgehead atoms. The van der Waals surface area contributed by atoms with Crippen molar-refractivity contribution in [3.8, 4) is 5.69 Å². The fraction of sp³-hybridized carbons (Fsp3) is 0.296. The third-order valence-electron chi connectivity index (χ3n) is 6.63. The Hall–Kier alpha value is -2.46. The van der Waals surface area contributed by atoms with Crippen molar-refractivity contribution in [1.82, 2.24) is 19.2 Å². The van der Waals surface area contributed by atoms with Gasteiger partial charge in [0.15, 0.2) is 5.16 Å². The molecule has 36 heavy (non-hydrogen) atoms. The molecule has 2 aromatic carbocycles. The number of benzene rings is 2. The second kappa shape index (κ2) is 9.45. The van der Waals surface area contributed by atoms with Crippen molar-refractivity contribution in [2.24, 2.45) is 5.92 Å². The standard InChI is InChI=1S/C27H25BrN4O2S2/c1-15(2)21-12-20-22(13-34-21)36-25-23(20)24(33)31(19-6-4-5-16(3)11-19)26-29-30-27(32(25)26)35-14-17-7-9-18(28)10-8-17/h4-11,15,21H,12-14H2,1-3H3. The summed E-state index contributed by atoms with van der Waals surface area (Å²) in [6.07, 6.45) is 0.843. The number of thioether (sulfide) groups is 1. The summed E-state index contributed by atoms with van der Waals surface area (Å²) in [6.45, 7) is 6.91. The van der Waals surface area contributed by atoms with E-state index in [9.17, 15) is 4.79 Å². The number of halogens is 1. The number of aryl methyl sites for hydroxylation is 1. The summed E-state index contributed by atoms with van der Waals surface area (Å²) in [5.41, 5.74) is 4.16. The van der Waals surface area contributed by atoms with Crippen LogP contribution in [0.25, 0.3) is 21.7 Å². The summed E-state index contributed by atoms with van der Waals surface area (Å²) in [5, 5.41) is 10.6. The molecule has 1 aliphatic heterocycles. The molecule has 9 heteroatoms. The molecule has 184 valence electrons. The van der Waals surface area contributed by atoms with E-state index in [4.69, 9.17) is 4.74 Å². The Morgan fingerprint density at radius 1 is 1.19 bits per heavy atom. The van der Waals surface area contributed by atoms with Gasteiger partial charge in [-0.2, -0.15) is 0 Å². The number of fused-ring (bicyclic) bond motifs is 5. The average Bonchev–Trinajstić information content (AvgIpc) is 3.45. The Morgan fingerprint density at radius 2 is 2.00 bits per heavy atom. The number of rotatable bonds is 5. The minimum absolute atomic E-state index is 0.0399. The Labute approximate surface area is 225 Å². The lowest BCUT2D eigenvalue weighted by molar-refractivity contribution is 0.00200. The summed E-state index contributed by atoms with van der Waals surface area (Å²) in [7, 11) is 0. The Balaban J connectivity index is 1.58. The minimum atomic E-state index is -0.0399. The van der Waals surface area contributed by atoms with Crippen LogP contribution in [0.1, 0.15) is 35.4 Å². The number of ether oxygens (including phenoxy) is 1. The molecule has 6 nitrogen and oxygen atoms in total. The molecular formula is C27H25BrN4O2S2. The molecule has 0 saturated heterocycles. The summed E-state index contributed by atoms with van der Waals surface area (Å²) in [5.74, 6) is 1.67. The molecule has 0 spiro atoms. The maximum Gasteiger partial charge on any atom is 0.268 e. The highest BCUT2D eigenvalue weighted by Gasteiger charge is 2.30. The van der Waals surface area contributed by atoms with Gasteiger partial charge in [-0.25, -0.2) is 8.97 Å². The molecule has 6 rings (SSSR count). The van der Waals surface area contributed by atoms with Crippen LogP contribution in [0.3, 0.4) is 0 Å². The van der Waals surface area contributed by atoms with Crippen LogP contribution in [0.15, 0.2) is 63.0 Å². The predicted molar refractivity (Wildman–Crippen MR) is 150 cm³/mol. The molecule has 1 unspecified atom stereocenters. The van der Waals surface area contributed by atoms with E-state index in [-0.39, 0.29) is 11.7 Å². The number of thiophene rings is 1. The first kappa shape index (κ1) is 23.9.